The van der Waals surface area contributed by atoms with Crippen LogP contribution in [0.15, 0.2) is 22.1 Å². The number of anilines is 1. The monoisotopic (exact) mass is 319 g/mol. The highest BCUT2D eigenvalue weighted by molar-refractivity contribution is 9.11. The van der Waals surface area contributed by atoms with Crippen molar-refractivity contribution in [1.82, 2.24) is 9.78 Å². The van der Waals surface area contributed by atoms with Crippen LogP contribution in [0.5, 0.6) is 0 Å². The molecule has 1 aromatic rings. The molecule has 0 bridgehead atoms. The first-order valence-electron chi connectivity index (χ1n) is 5.39. The molecule has 0 fully saturated rings. The SMILES string of the molecule is C=C(Br)CNc1cnn(CCCC)c(=O)c1Cl. The Hall–Kier alpha value is -0.810. The van der Waals surface area contributed by atoms with Gasteiger partial charge in [0.2, 0.25) is 0 Å². The third-order valence-electron chi connectivity index (χ3n) is 2.18. The molecule has 1 heterocycles. The van der Waals surface area contributed by atoms with Crippen LogP contribution in [-0.2, 0) is 6.54 Å². The van der Waals surface area contributed by atoms with Crippen LogP contribution in [0.4, 0.5) is 5.69 Å². The average Bonchev–Trinajstić information content (AvgIpc) is 2.29. The van der Waals surface area contributed by atoms with Crippen molar-refractivity contribution in [3.05, 3.63) is 32.6 Å². The molecule has 0 amide bonds. The van der Waals surface area contributed by atoms with Crippen molar-refractivity contribution in [2.75, 3.05) is 11.9 Å². The van der Waals surface area contributed by atoms with Gasteiger partial charge in [-0.25, -0.2) is 4.68 Å². The van der Waals surface area contributed by atoms with E-state index in [4.69, 9.17) is 11.6 Å². The number of hydrogen-bond acceptors (Lipinski definition) is 3. The van der Waals surface area contributed by atoms with Gasteiger partial charge in [0.25, 0.3) is 5.56 Å². The molecule has 1 rings (SSSR count). The minimum Gasteiger partial charge on any atom is -0.378 e. The molecular weight excluding hydrogens is 305 g/mol. The Morgan fingerprint density at radius 3 is 3.00 bits per heavy atom. The van der Waals surface area contributed by atoms with Gasteiger partial charge in [-0.3, -0.25) is 4.79 Å². The largest absolute Gasteiger partial charge is 0.378 e. The summed E-state index contributed by atoms with van der Waals surface area (Å²) in [5.41, 5.74) is 0.273. The Balaban J connectivity index is 2.86. The van der Waals surface area contributed by atoms with Gasteiger partial charge < -0.3 is 5.32 Å². The highest BCUT2D eigenvalue weighted by Gasteiger charge is 2.08. The molecule has 0 spiro atoms. The highest BCUT2D eigenvalue weighted by Crippen LogP contribution is 2.16. The first kappa shape index (κ1) is 14.3. The van der Waals surface area contributed by atoms with Gasteiger partial charge in [0, 0.05) is 17.6 Å². The summed E-state index contributed by atoms with van der Waals surface area (Å²) in [5.74, 6) is 0. The molecular formula is C11H15BrClN3O. The molecule has 0 saturated heterocycles. The molecule has 94 valence electrons. The predicted octanol–water partition coefficient (Wildman–Crippen LogP) is 3.02. The lowest BCUT2D eigenvalue weighted by atomic mass is 10.3. The standard InChI is InChI=1S/C11H15BrClN3O/c1-3-4-5-16-11(17)10(13)9(7-15-16)14-6-8(2)12/h7,14H,2-6H2,1H3. The van der Waals surface area contributed by atoms with E-state index in [2.05, 4.69) is 39.8 Å². The Morgan fingerprint density at radius 2 is 2.41 bits per heavy atom. The van der Waals surface area contributed by atoms with Gasteiger partial charge in [-0.1, -0.05) is 47.5 Å². The number of nitrogens with zero attached hydrogens (tertiary/aromatic N) is 2. The third-order valence-corrected chi connectivity index (χ3v) is 2.82. The van der Waals surface area contributed by atoms with Crippen LogP contribution in [0.1, 0.15) is 19.8 Å². The zero-order chi connectivity index (χ0) is 12.8. The Labute approximate surface area is 114 Å². The zero-order valence-electron chi connectivity index (χ0n) is 9.67. The Bertz CT molecular complexity index is 459. The van der Waals surface area contributed by atoms with Crippen molar-refractivity contribution < 1.29 is 0 Å². The van der Waals surface area contributed by atoms with Crippen molar-refractivity contribution in [1.29, 1.82) is 0 Å². The van der Waals surface area contributed by atoms with Crippen LogP contribution < -0.4 is 10.9 Å². The van der Waals surface area contributed by atoms with Crippen LogP contribution >= 0.6 is 27.5 Å². The minimum atomic E-state index is -0.259. The fourth-order valence-corrected chi connectivity index (χ4v) is 1.60. The van der Waals surface area contributed by atoms with Crippen LogP contribution in [0.25, 0.3) is 0 Å². The first-order valence-corrected chi connectivity index (χ1v) is 6.56. The molecule has 0 atom stereocenters. The van der Waals surface area contributed by atoms with E-state index in [1.807, 2.05) is 0 Å². The van der Waals surface area contributed by atoms with Crippen LogP contribution in [0, 0.1) is 0 Å². The van der Waals surface area contributed by atoms with Crippen LogP contribution in [-0.4, -0.2) is 16.3 Å². The maximum absolute atomic E-state index is 11.8. The molecule has 0 aromatic carbocycles. The Morgan fingerprint density at radius 1 is 1.71 bits per heavy atom. The second-order valence-electron chi connectivity index (χ2n) is 3.62. The van der Waals surface area contributed by atoms with Gasteiger partial charge in [-0.2, -0.15) is 5.10 Å². The van der Waals surface area contributed by atoms with Gasteiger partial charge in [0.1, 0.15) is 5.02 Å². The summed E-state index contributed by atoms with van der Waals surface area (Å²) in [6.07, 6.45) is 3.48. The lowest BCUT2D eigenvalue weighted by Crippen LogP contribution is -2.24. The van der Waals surface area contributed by atoms with Gasteiger partial charge in [0.15, 0.2) is 0 Å². The van der Waals surface area contributed by atoms with Crippen molar-refractivity contribution >= 4 is 33.2 Å². The topological polar surface area (TPSA) is 46.9 Å². The summed E-state index contributed by atoms with van der Waals surface area (Å²) < 4.78 is 2.17. The zero-order valence-corrected chi connectivity index (χ0v) is 12.0. The molecule has 0 saturated carbocycles. The van der Waals surface area contributed by atoms with Crippen LogP contribution in [0.2, 0.25) is 5.02 Å². The molecule has 0 aliphatic rings. The molecule has 0 aliphatic heterocycles. The fraction of sp³-hybridized carbons (Fsp3) is 0.455. The summed E-state index contributed by atoms with van der Waals surface area (Å²) in [5, 5.41) is 7.22. The summed E-state index contributed by atoms with van der Waals surface area (Å²) in [4.78, 5) is 11.8. The van der Waals surface area contributed by atoms with E-state index in [0.29, 0.717) is 18.8 Å². The predicted molar refractivity (Wildman–Crippen MR) is 75.0 cm³/mol. The van der Waals surface area contributed by atoms with Crippen molar-refractivity contribution in [2.24, 2.45) is 0 Å². The molecule has 1 N–H and O–H groups in total. The maximum atomic E-state index is 11.8. The van der Waals surface area contributed by atoms with E-state index < -0.39 is 0 Å². The van der Waals surface area contributed by atoms with E-state index in [9.17, 15) is 4.79 Å². The van der Waals surface area contributed by atoms with Crippen LogP contribution in [0.3, 0.4) is 0 Å². The van der Waals surface area contributed by atoms with Crippen molar-refractivity contribution in [2.45, 2.75) is 26.3 Å². The fourth-order valence-electron chi connectivity index (χ4n) is 1.25. The average molecular weight is 321 g/mol. The molecule has 6 heteroatoms. The third kappa shape index (κ3) is 4.16. The number of halogens is 2. The smallest absolute Gasteiger partial charge is 0.287 e. The van der Waals surface area contributed by atoms with Crippen molar-refractivity contribution in [3.63, 3.8) is 0 Å². The van der Waals surface area contributed by atoms with Gasteiger partial charge in [0.05, 0.1) is 11.9 Å². The number of rotatable bonds is 6. The normalized spacial score (nSPS) is 10.3. The lowest BCUT2D eigenvalue weighted by Gasteiger charge is -2.09. The lowest BCUT2D eigenvalue weighted by molar-refractivity contribution is 0.543. The van der Waals surface area contributed by atoms with Crippen molar-refractivity contribution in [3.8, 4) is 0 Å². The molecule has 17 heavy (non-hydrogen) atoms. The number of nitrogens with one attached hydrogen (secondary N) is 1. The minimum absolute atomic E-state index is 0.171. The summed E-state index contributed by atoms with van der Waals surface area (Å²) in [7, 11) is 0. The number of hydrogen-bond donors (Lipinski definition) is 1. The summed E-state index contributed by atoms with van der Waals surface area (Å²) in [6.45, 7) is 6.84. The number of aryl methyl sites for hydroxylation is 1. The maximum Gasteiger partial charge on any atom is 0.287 e. The van der Waals surface area contributed by atoms with E-state index in [0.717, 1.165) is 17.3 Å². The first-order chi connectivity index (χ1) is 8.06. The quantitative estimate of drug-likeness (QED) is 0.876. The van der Waals surface area contributed by atoms with E-state index >= 15 is 0 Å². The van der Waals surface area contributed by atoms with E-state index in [1.165, 1.54) is 4.68 Å². The Kier molecular flexibility index (Phi) is 5.71. The second-order valence-corrected chi connectivity index (χ2v) is 5.12. The van der Waals surface area contributed by atoms with Gasteiger partial charge in [-0.15, -0.1) is 0 Å². The number of aromatic nitrogens is 2. The second kappa shape index (κ2) is 6.81. The molecule has 4 nitrogen and oxygen atoms in total. The molecule has 0 aliphatic carbocycles. The molecule has 1 aromatic heterocycles. The summed E-state index contributed by atoms with van der Waals surface area (Å²) >= 11 is 9.20. The molecule has 0 unspecified atom stereocenters. The summed E-state index contributed by atoms with van der Waals surface area (Å²) in [6, 6.07) is 0. The van der Waals surface area contributed by atoms with E-state index in [-0.39, 0.29) is 10.6 Å². The highest BCUT2D eigenvalue weighted by atomic mass is 79.9. The molecule has 0 radical (unpaired) electrons. The number of unbranched alkanes of at least 4 members (excludes halogenated alkanes) is 1. The van der Waals surface area contributed by atoms with Gasteiger partial charge >= 0.3 is 0 Å². The van der Waals surface area contributed by atoms with E-state index in [1.54, 1.807) is 6.20 Å². The van der Waals surface area contributed by atoms with Gasteiger partial charge in [-0.05, 0) is 6.42 Å².